The van der Waals surface area contributed by atoms with E-state index in [1.54, 1.807) is 18.2 Å². The molecule has 162 valence electrons. The highest BCUT2D eigenvalue weighted by Gasteiger charge is 2.32. The van der Waals surface area contributed by atoms with E-state index in [1.807, 2.05) is 0 Å². The molecule has 0 unspecified atom stereocenters. The van der Waals surface area contributed by atoms with Crippen molar-refractivity contribution in [3.05, 3.63) is 42.5 Å². The lowest BCUT2D eigenvalue weighted by atomic mass is 10.3. The summed E-state index contributed by atoms with van der Waals surface area (Å²) in [6.45, 7) is 1.34. The van der Waals surface area contributed by atoms with Gasteiger partial charge in [-0.15, -0.1) is 0 Å². The Labute approximate surface area is 176 Å². The SMILES string of the molecule is Nc1cccc(S(=O)(=O)N2CCCN(S(=O)(=O)c3ccc4c(c3)OCCO4)CC2)c1. The first kappa shape index (κ1) is 20.9. The van der Waals surface area contributed by atoms with Crippen molar-refractivity contribution < 1.29 is 26.3 Å². The number of rotatable bonds is 4. The van der Waals surface area contributed by atoms with Gasteiger partial charge in [-0.1, -0.05) is 6.07 Å². The maximum absolute atomic E-state index is 13.1. The lowest BCUT2D eigenvalue weighted by Crippen LogP contribution is -2.37. The molecule has 4 rings (SSSR count). The second-order valence-electron chi connectivity index (χ2n) is 7.04. The first-order chi connectivity index (χ1) is 14.3. The highest BCUT2D eigenvalue weighted by atomic mass is 32.2. The van der Waals surface area contributed by atoms with Gasteiger partial charge in [0, 0.05) is 37.9 Å². The van der Waals surface area contributed by atoms with Crippen LogP contribution in [-0.2, 0) is 20.0 Å². The van der Waals surface area contributed by atoms with Crippen LogP contribution in [0.25, 0.3) is 0 Å². The van der Waals surface area contributed by atoms with Crippen LogP contribution < -0.4 is 15.2 Å². The molecule has 2 aromatic carbocycles. The molecule has 0 aromatic heterocycles. The molecule has 11 heteroatoms. The molecule has 0 aliphatic carbocycles. The Morgan fingerprint density at radius 1 is 0.733 bits per heavy atom. The lowest BCUT2D eigenvalue weighted by Gasteiger charge is -2.23. The maximum Gasteiger partial charge on any atom is 0.243 e. The molecule has 1 saturated heterocycles. The topological polar surface area (TPSA) is 119 Å². The first-order valence-electron chi connectivity index (χ1n) is 9.54. The van der Waals surface area contributed by atoms with Crippen LogP contribution in [0.3, 0.4) is 0 Å². The molecule has 1 fully saturated rings. The van der Waals surface area contributed by atoms with E-state index in [0.29, 0.717) is 36.8 Å². The van der Waals surface area contributed by atoms with E-state index in [1.165, 1.54) is 32.9 Å². The summed E-state index contributed by atoms with van der Waals surface area (Å²) in [7, 11) is -7.56. The molecule has 2 aromatic rings. The van der Waals surface area contributed by atoms with Crippen LogP contribution in [0, 0.1) is 0 Å². The van der Waals surface area contributed by atoms with Gasteiger partial charge >= 0.3 is 0 Å². The van der Waals surface area contributed by atoms with Gasteiger partial charge in [-0.3, -0.25) is 0 Å². The van der Waals surface area contributed by atoms with Gasteiger partial charge in [0.25, 0.3) is 0 Å². The summed E-state index contributed by atoms with van der Waals surface area (Å²) in [5.41, 5.74) is 6.07. The summed E-state index contributed by atoms with van der Waals surface area (Å²) in [5.74, 6) is 0.901. The molecule has 0 radical (unpaired) electrons. The van der Waals surface area contributed by atoms with Gasteiger partial charge in [-0.2, -0.15) is 8.61 Å². The number of nitrogens with two attached hydrogens (primary N) is 1. The number of ether oxygens (including phenoxy) is 2. The van der Waals surface area contributed by atoms with E-state index in [0.717, 1.165) is 0 Å². The molecule has 0 atom stereocenters. The van der Waals surface area contributed by atoms with Crippen molar-refractivity contribution in [1.82, 2.24) is 8.61 Å². The van der Waals surface area contributed by atoms with Crippen molar-refractivity contribution in [2.75, 3.05) is 45.1 Å². The van der Waals surface area contributed by atoms with Gasteiger partial charge in [0.1, 0.15) is 13.2 Å². The Morgan fingerprint density at radius 2 is 1.33 bits per heavy atom. The Bertz CT molecular complexity index is 1150. The average Bonchev–Trinajstić information content (AvgIpc) is 3.01. The minimum Gasteiger partial charge on any atom is -0.486 e. The fraction of sp³-hybridized carbons (Fsp3) is 0.368. The third-order valence-electron chi connectivity index (χ3n) is 5.06. The van der Waals surface area contributed by atoms with Crippen molar-refractivity contribution >= 4 is 25.7 Å². The number of hydrogen-bond acceptors (Lipinski definition) is 7. The summed E-state index contributed by atoms with van der Waals surface area (Å²) in [5, 5.41) is 0. The monoisotopic (exact) mass is 453 g/mol. The fourth-order valence-corrected chi connectivity index (χ4v) is 6.52. The van der Waals surface area contributed by atoms with E-state index in [4.69, 9.17) is 15.2 Å². The van der Waals surface area contributed by atoms with Crippen molar-refractivity contribution in [3.8, 4) is 11.5 Å². The maximum atomic E-state index is 13.1. The number of benzene rings is 2. The second kappa shape index (κ2) is 8.06. The smallest absolute Gasteiger partial charge is 0.243 e. The zero-order valence-electron chi connectivity index (χ0n) is 16.2. The third kappa shape index (κ3) is 3.97. The van der Waals surface area contributed by atoms with Crippen molar-refractivity contribution in [2.24, 2.45) is 0 Å². The number of nitrogens with zero attached hydrogens (tertiary/aromatic N) is 2. The average molecular weight is 454 g/mol. The number of nitrogen functional groups attached to an aromatic ring is 1. The Balaban J connectivity index is 1.54. The number of hydrogen-bond donors (Lipinski definition) is 1. The molecule has 0 saturated carbocycles. The number of fused-ring (bicyclic) bond motifs is 1. The Hall–Kier alpha value is -2.34. The van der Waals surface area contributed by atoms with Crippen molar-refractivity contribution in [3.63, 3.8) is 0 Å². The second-order valence-corrected chi connectivity index (χ2v) is 10.9. The van der Waals surface area contributed by atoms with Gasteiger partial charge < -0.3 is 15.2 Å². The standard InChI is InChI=1S/C19H23N3O6S2/c20-15-3-1-4-16(13-15)29(23,24)21-7-2-8-22(10-9-21)30(25,26)17-5-6-18-19(14-17)28-12-11-27-18/h1,3-6,13-14H,2,7-12,20H2. The summed E-state index contributed by atoms with van der Waals surface area (Å²) in [6, 6.07) is 10.6. The molecule has 2 aliphatic rings. The van der Waals surface area contributed by atoms with Gasteiger partial charge in [0.2, 0.25) is 20.0 Å². The van der Waals surface area contributed by atoms with Gasteiger partial charge in [-0.05, 0) is 36.8 Å². The Kier molecular flexibility index (Phi) is 5.62. The molecule has 0 amide bonds. The van der Waals surface area contributed by atoms with E-state index in [2.05, 4.69) is 0 Å². The quantitative estimate of drug-likeness (QED) is 0.689. The molecular weight excluding hydrogens is 430 g/mol. The van der Waals surface area contributed by atoms with Crippen LogP contribution in [0.5, 0.6) is 11.5 Å². The van der Waals surface area contributed by atoms with Gasteiger partial charge in [0.05, 0.1) is 9.79 Å². The largest absolute Gasteiger partial charge is 0.486 e. The van der Waals surface area contributed by atoms with Gasteiger partial charge in [-0.25, -0.2) is 16.8 Å². The normalized spacial score (nSPS) is 18.7. The third-order valence-corrected chi connectivity index (χ3v) is 8.85. The van der Waals surface area contributed by atoms with E-state index >= 15 is 0 Å². The minimum atomic E-state index is -3.80. The Morgan fingerprint density at radius 3 is 1.97 bits per heavy atom. The summed E-state index contributed by atoms with van der Waals surface area (Å²) < 4.78 is 65.7. The molecule has 2 heterocycles. The molecule has 0 bridgehead atoms. The lowest BCUT2D eigenvalue weighted by molar-refractivity contribution is 0.171. The summed E-state index contributed by atoms with van der Waals surface area (Å²) in [6.07, 6.45) is 0.380. The highest BCUT2D eigenvalue weighted by Crippen LogP contribution is 2.33. The number of anilines is 1. The highest BCUT2D eigenvalue weighted by molar-refractivity contribution is 7.89. The molecule has 9 nitrogen and oxygen atoms in total. The van der Waals surface area contributed by atoms with Crippen molar-refractivity contribution in [1.29, 1.82) is 0 Å². The van der Waals surface area contributed by atoms with Crippen molar-refractivity contribution in [2.45, 2.75) is 16.2 Å². The summed E-state index contributed by atoms with van der Waals surface area (Å²) >= 11 is 0. The number of sulfonamides is 2. The predicted molar refractivity (Wildman–Crippen MR) is 110 cm³/mol. The molecule has 2 aliphatic heterocycles. The predicted octanol–water partition coefficient (Wildman–Crippen LogP) is 1.13. The van der Waals surface area contributed by atoms with Gasteiger partial charge in [0.15, 0.2) is 11.5 Å². The fourth-order valence-electron chi connectivity index (χ4n) is 3.51. The molecule has 30 heavy (non-hydrogen) atoms. The molecule has 0 spiro atoms. The van der Waals surface area contributed by atoms with Crippen LogP contribution in [0.2, 0.25) is 0 Å². The molecule has 2 N–H and O–H groups in total. The minimum absolute atomic E-state index is 0.0539. The summed E-state index contributed by atoms with van der Waals surface area (Å²) in [4.78, 5) is 0.199. The first-order valence-corrected chi connectivity index (χ1v) is 12.4. The van der Waals surface area contributed by atoms with Crippen LogP contribution >= 0.6 is 0 Å². The van der Waals surface area contributed by atoms with Crippen LogP contribution in [0.1, 0.15) is 6.42 Å². The van der Waals surface area contributed by atoms with Crippen LogP contribution in [0.4, 0.5) is 5.69 Å². The van der Waals surface area contributed by atoms with E-state index in [9.17, 15) is 16.8 Å². The molecular formula is C19H23N3O6S2. The van der Waals surface area contributed by atoms with Crippen LogP contribution in [0.15, 0.2) is 52.3 Å². The van der Waals surface area contributed by atoms with E-state index < -0.39 is 20.0 Å². The zero-order chi connectivity index (χ0) is 21.4. The van der Waals surface area contributed by atoms with E-state index in [-0.39, 0.29) is 36.0 Å². The van der Waals surface area contributed by atoms with Crippen LogP contribution in [-0.4, -0.2) is 64.8 Å². The zero-order valence-corrected chi connectivity index (χ0v) is 17.9.